The van der Waals surface area contributed by atoms with E-state index in [1.54, 1.807) is 7.11 Å². The first-order valence-corrected chi connectivity index (χ1v) is 21.0. The Morgan fingerprint density at radius 3 is 2.44 bits per heavy atom. The molecule has 0 aromatic carbocycles. The molecule has 310 valence electrons. The fourth-order valence-electron chi connectivity index (χ4n) is 11.9. The highest BCUT2D eigenvalue weighted by molar-refractivity contribution is 5.72. The van der Waals surface area contributed by atoms with Crippen LogP contribution < -0.4 is 21.5 Å². The van der Waals surface area contributed by atoms with Gasteiger partial charge < -0.3 is 65.0 Å². The third kappa shape index (κ3) is 9.21. The van der Waals surface area contributed by atoms with Gasteiger partial charge >= 0.3 is 0 Å². The molecule has 0 aromatic rings. The van der Waals surface area contributed by atoms with Gasteiger partial charge in [0.2, 0.25) is 0 Å². The fraction of sp³-hybridized carbons (Fsp3) is 0.925. The van der Waals surface area contributed by atoms with Crippen molar-refractivity contribution >= 4 is 5.97 Å². The summed E-state index contributed by atoms with van der Waals surface area (Å²) in [5.41, 5.74) is 5.82. The maximum Gasteiger partial charge on any atom is 0.144 e. The molecule has 0 aromatic heterocycles. The largest absolute Gasteiger partial charge is 0.549 e. The van der Waals surface area contributed by atoms with E-state index < -0.39 is 54.6 Å². The summed E-state index contributed by atoms with van der Waals surface area (Å²) in [6, 6.07) is 0.105. The third-order valence-corrected chi connectivity index (χ3v) is 14.7. The number of methoxy groups -OCH3 is 1. The maximum absolute atomic E-state index is 12.8. The van der Waals surface area contributed by atoms with E-state index in [-0.39, 0.29) is 73.4 Å². The molecule has 1 spiro atoms. The first kappa shape index (κ1) is 42.3. The summed E-state index contributed by atoms with van der Waals surface area (Å²) in [5.74, 6) is -1.59. The van der Waals surface area contributed by atoms with Gasteiger partial charge in [0.1, 0.15) is 25.1 Å². The summed E-state index contributed by atoms with van der Waals surface area (Å²) in [6.07, 6.45) is 8.70. The van der Waals surface area contributed by atoms with E-state index in [0.717, 1.165) is 51.5 Å². The van der Waals surface area contributed by atoms with Crippen molar-refractivity contribution in [2.24, 2.45) is 46.7 Å². The summed E-state index contributed by atoms with van der Waals surface area (Å²) >= 11 is 0. The van der Waals surface area contributed by atoms with Gasteiger partial charge in [-0.3, -0.25) is 5.73 Å². The molecular formula is C40H70N3O11+. The van der Waals surface area contributed by atoms with Crippen LogP contribution in [0.3, 0.4) is 0 Å². The van der Waals surface area contributed by atoms with Gasteiger partial charge in [-0.25, -0.2) is 0 Å². The molecular weight excluding hydrogens is 698 g/mol. The summed E-state index contributed by atoms with van der Waals surface area (Å²) in [7, 11) is 1.59. The predicted molar refractivity (Wildman–Crippen MR) is 194 cm³/mol. The molecule has 18 atom stereocenters. The third-order valence-electron chi connectivity index (χ3n) is 14.7. The molecule has 3 aliphatic carbocycles. The molecule has 54 heavy (non-hydrogen) atoms. The average Bonchev–Trinajstić information content (AvgIpc) is 3.54. The van der Waals surface area contributed by atoms with Crippen LogP contribution in [0.2, 0.25) is 0 Å². The Morgan fingerprint density at radius 2 is 1.72 bits per heavy atom. The van der Waals surface area contributed by atoms with Gasteiger partial charge in [0.25, 0.3) is 0 Å². The van der Waals surface area contributed by atoms with Crippen LogP contribution in [-0.4, -0.2) is 132 Å². The number of aliphatic hydroxyl groups is 5. The zero-order valence-corrected chi connectivity index (χ0v) is 32.4. The lowest BCUT2D eigenvalue weighted by Gasteiger charge is -2.52. The summed E-state index contributed by atoms with van der Waals surface area (Å²) < 4.78 is 24.9. The quantitative estimate of drug-likeness (QED) is 0.0699. The van der Waals surface area contributed by atoms with E-state index in [9.17, 15) is 35.4 Å². The number of carboxylic acid groups (broad SMARTS) is 1. The first-order chi connectivity index (χ1) is 26.0. The Hall–Kier alpha value is -1.27. The molecule has 5 fully saturated rings. The second-order valence-corrected chi connectivity index (χ2v) is 17.8. The lowest BCUT2D eigenvalue weighted by Crippen LogP contribution is -3.01. The van der Waals surface area contributed by atoms with Crippen molar-refractivity contribution in [3.63, 3.8) is 0 Å². The van der Waals surface area contributed by atoms with Crippen molar-refractivity contribution in [1.82, 2.24) is 0 Å². The van der Waals surface area contributed by atoms with Gasteiger partial charge in [-0.1, -0.05) is 12.2 Å². The first-order valence-electron chi connectivity index (χ1n) is 21.0. The molecule has 6 aliphatic rings. The number of carbonyl (C=O) groups is 1. The molecule has 3 saturated heterocycles. The minimum atomic E-state index is -1.05. The molecule has 2 saturated carbocycles. The van der Waals surface area contributed by atoms with E-state index >= 15 is 0 Å². The van der Waals surface area contributed by atoms with Gasteiger partial charge in [0, 0.05) is 49.8 Å². The second kappa shape index (κ2) is 19.0. The molecule has 11 N–H and O–H groups in total. The van der Waals surface area contributed by atoms with E-state index in [0.29, 0.717) is 44.4 Å². The van der Waals surface area contributed by atoms with Crippen LogP contribution >= 0.6 is 0 Å². The van der Waals surface area contributed by atoms with E-state index in [2.05, 4.69) is 23.6 Å². The average molecular weight is 769 g/mol. The van der Waals surface area contributed by atoms with Crippen LogP contribution in [-0.2, 0) is 23.7 Å². The zero-order valence-electron chi connectivity index (χ0n) is 32.4. The Labute approximate surface area is 320 Å². The second-order valence-electron chi connectivity index (χ2n) is 17.8. The van der Waals surface area contributed by atoms with Crippen LogP contribution in [0.4, 0.5) is 0 Å². The Bertz CT molecular complexity index is 1230. The molecule has 14 heteroatoms. The number of hydrogen-bond donors (Lipinski definition) is 8. The molecule has 9 unspecified atom stereocenters. The van der Waals surface area contributed by atoms with Crippen molar-refractivity contribution in [2.45, 2.75) is 157 Å². The van der Waals surface area contributed by atoms with Crippen molar-refractivity contribution in [1.29, 1.82) is 0 Å². The highest BCUT2D eigenvalue weighted by Gasteiger charge is 2.59. The molecule has 0 radical (unpaired) electrons. The van der Waals surface area contributed by atoms with Crippen molar-refractivity contribution in [2.75, 3.05) is 33.7 Å². The molecule has 0 bridgehead atoms. The topological polar surface area (TPSA) is 237 Å². The Kier molecular flexibility index (Phi) is 14.9. The highest BCUT2D eigenvalue weighted by Crippen LogP contribution is 2.54. The van der Waals surface area contributed by atoms with E-state index in [1.807, 2.05) is 6.08 Å². The van der Waals surface area contributed by atoms with Crippen LogP contribution in [0.1, 0.15) is 90.4 Å². The highest BCUT2D eigenvalue weighted by atomic mass is 16.6. The number of aliphatic carboxylic acids is 1. The number of hydrogen-bond acceptors (Lipinski definition) is 12. The maximum atomic E-state index is 12.8. The molecule has 3 aliphatic heterocycles. The van der Waals surface area contributed by atoms with Gasteiger partial charge in [-0.2, -0.15) is 0 Å². The molecule has 14 nitrogen and oxygen atoms in total. The lowest BCUT2D eigenvalue weighted by molar-refractivity contribution is -0.746. The summed E-state index contributed by atoms with van der Waals surface area (Å²) in [5, 5.41) is 70.0. The zero-order chi connectivity index (χ0) is 38.6. The number of carboxylic acids is 1. The number of nitrogens with two attached hydrogens (primary N) is 3. The van der Waals surface area contributed by atoms with Crippen molar-refractivity contribution < 1.29 is 65.0 Å². The molecule has 6 rings (SSSR count). The minimum absolute atomic E-state index is 0.00687. The fourth-order valence-corrected chi connectivity index (χ4v) is 11.9. The summed E-state index contributed by atoms with van der Waals surface area (Å²) in [6.45, 7) is 2.84. The van der Waals surface area contributed by atoms with Gasteiger partial charge in [0.15, 0.2) is 0 Å². The normalized spacial score (nSPS) is 47.2. The van der Waals surface area contributed by atoms with Gasteiger partial charge in [-0.05, 0) is 101 Å². The number of aliphatic hydroxyl groups excluding tert-OH is 5. The molecule has 3 heterocycles. The standard InChI is InChI=1S/C40H69N3O11/c1-22-9-12-40(28(6-7-29(40)39(49)50)24-10-13-42-36(41)18-24)35(43-22)20-52-34-17-25(16-33(51-2)37(34)48)38-27(11-14-44)31(47)19-26(54-38)5-3-23-4-8-30(46)32(15-23)53-21-45/h6-7,22-38,42-48H,3-5,8-21,41H2,1-2H3,(H,49,50)/p+1/t22-,23?,24?,25?,26-,27-,28+,29+,30?,31-,32?,33?,34?,35+,36?,37?,38-,40+/m0/s1. The van der Waals surface area contributed by atoms with Crippen LogP contribution in [0.15, 0.2) is 12.2 Å². The molecule has 0 amide bonds. The van der Waals surface area contributed by atoms with Gasteiger partial charge in [0.05, 0.1) is 61.9 Å². The van der Waals surface area contributed by atoms with E-state index in [1.165, 1.54) is 0 Å². The predicted octanol–water partition coefficient (Wildman–Crippen LogP) is -2.14. The van der Waals surface area contributed by atoms with Crippen LogP contribution in [0.25, 0.3) is 0 Å². The number of rotatable bonds is 14. The van der Waals surface area contributed by atoms with Crippen molar-refractivity contribution in [3.8, 4) is 0 Å². The smallest absolute Gasteiger partial charge is 0.144 e. The summed E-state index contributed by atoms with van der Waals surface area (Å²) in [4.78, 5) is 12.8. The van der Waals surface area contributed by atoms with Crippen LogP contribution in [0.5, 0.6) is 0 Å². The number of allylic oxidation sites excluding steroid dienone is 1. The van der Waals surface area contributed by atoms with Gasteiger partial charge in [-0.15, -0.1) is 0 Å². The van der Waals surface area contributed by atoms with E-state index in [4.69, 9.17) is 24.7 Å². The number of carbonyl (C=O) groups excluding carboxylic acids is 1. The lowest BCUT2D eigenvalue weighted by atomic mass is 9.57. The number of ether oxygens (including phenoxy) is 4. The Balaban J connectivity index is 1.17. The number of piperidine rings is 2. The van der Waals surface area contributed by atoms with Crippen molar-refractivity contribution in [3.05, 3.63) is 12.2 Å². The Morgan fingerprint density at radius 1 is 0.926 bits per heavy atom. The monoisotopic (exact) mass is 769 g/mol. The minimum Gasteiger partial charge on any atom is -0.549 e. The van der Waals surface area contributed by atoms with Crippen LogP contribution in [0, 0.1) is 40.9 Å². The SMILES string of the molecule is COC1CC([C@@H]2O[C@@H](CCC3CCC(O)C(OCO)C3)C[C@H](O)[C@@H]2CCO)CC(OC[C@H]2[NH2+][C@@H](C)CC[C@@]23[C@@H](C(=O)[O-])C=C[C@@H]3C2CC[NH2+]C(N)C2)C1O. The number of quaternary nitrogens is 2.